The molecule has 96 valence electrons. The van der Waals surface area contributed by atoms with Gasteiger partial charge in [-0.2, -0.15) is 0 Å². The van der Waals surface area contributed by atoms with Gasteiger partial charge in [0, 0.05) is 5.56 Å². The molecule has 3 rings (SSSR count). The maximum absolute atomic E-state index is 6.67. The van der Waals surface area contributed by atoms with Crippen molar-refractivity contribution in [3.63, 3.8) is 0 Å². The Kier molecular flexibility index (Phi) is 3.38. The number of hydrogen-bond donors (Lipinski definition) is 0. The van der Waals surface area contributed by atoms with Crippen LogP contribution in [0.5, 0.6) is 0 Å². The monoisotopic (exact) mass is 334 g/mol. The summed E-state index contributed by atoms with van der Waals surface area (Å²) in [6.07, 6.45) is 1.65. The molecule has 19 heavy (non-hydrogen) atoms. The van der Waals surface area contributed by atoms with Crippen molar-refractivity contribution in [2.75, 3.05) is 0 Å². The molecule has 0 saturated heterocycles. The van der Waals surface area contributed by atoms with Crippen LogP contribution in [0.25, 0.3) is 10.8 Å². The second kappa shape index (κ2) is 5.03. The lowest BCUT2D eigenvalue weighted by Crippen LogP contribution is -1.97. The van der Waals surface area contributed by atoms with E-state index in [1.807, 2.05) is 18.2 Å². The van der Waals surface area contributed by atoms with Crippen LogP contribution in [0.4, 0.5) is 0 Å². The molecule has 3 aromatic rings. The van der Waals surface area contributed by atoms with Gasteiger partial charge in [0.1, 0.15) is 0 Å². The number of fused-ring (bicyclic) bond motifs is 1. The third-order valence-electron chi connectivity index (χ3n) is 3.36. The van der Waals surface area contributed by atoms with Crippen LogP contribution in [0.1, 0.15) is 22.1 Å². The van der Waals surface area contributed by atoms with Gasteiger partial charge in [0.15, 0.2) is 4.67 Å². The summed E-state index contributed by atoms with van der Waals surface area (Å²) in [5.74, 6) is 0. The molecule has 0 amide bonds. The van der Waals surface area contributed by atoms with Crippen LogP contribution >= 0.6 is 27.5 Å². The zero-order valence-corrected chi connectivity index (χ0v) is 12.7. The smallest absolute Gasteiger partial charge is 0.173 e. The Morgan fingerprint density at radius 1 is 1.11 bits per heavy atom. The van der Waals surface area contributed by atoms with E-state index >= 15 is 0 Å². The lowest BCUT2D eigenvalue weighted by molar-refractivity contribution is 0.537. The highest BCUT2D eigenvalue weighted by Gasteiger charge is 2.20. The Morgan fingerprint density at radius 3 is 2.63 bits per heavy atom. The Labute approximate surface area is 125 Å². The van der Waals surface area contributed by atoms with Crippen LogP contribution in [0.15, 0.2) is 57.8 Å². The summed E-state index contributed by atoms with van der Waals surface area (Å²) in [6.45, 7) is 2.09. The van der Waals surface area contributed by atoms with Gasteiger partial charge in [0.25, 0.3) is 0 Å². The molecule has 1 heterocycles. The highest BCUT2D eigenvalue weighted by molar-refractivity contribution is 9.10. The standard InChI is InChI=1S/C16H12BrClO/c1-10-6-7-11-4-2-3-5-12(11)14(10)15(18)13-8-9-19-16(13)17/h2-9,15H,1H3. The van der Waals surface area contributed by atoms with Gasteiger partial charge in [-0.15, -0.1) is 11.6 Å². The van der Waals surface area contributed by atoms with E-state index in [0.29, 0.717) is 4.67 Å². The van der Waals surface area contributed by atoms with E-state index in [-0.39, 0.29) is 5.38 Å². The maximum atomic E-state index is 6.67. The average molecular weight is 336 g/mol. The van der Waals surface area contributed by atoms with Crippen molar-refractivity contribution in [1.29, 1.82) is 0 Å². The lowest BCUT2D eigenvalue weighted by atomic mass is 9.95. The first-order valence-corrected chi connectivity index (χ1v) is 7.26. The lowest BCUT2D eigenvalue weighted by Gasteiger charge is -2.15. The first-order valence-electron chi connectivity index (χ1n) is 6.03. The number of furan rings is 1. The zero-order valence-electron chi connectivity index (χ0n) is 10.4. The third-order valence-corrected chi connectivity index (χ3v) is 4.46. The summed E-state index contributed by atoms with van der Waals surface area (Å²) in [6, 6.07) is 14.4. The summed E-state index contributed by atoms with van der Waals surface area (Å²) in [7, 11) is 0. The van der Waals surface area contributed by atoms with E-state index in [1.165, 1.54) is 16.3 Å². The van der Waals surface area contributed by atoms with Crippen LogP contribution in [-0.4, -0.2) is 0 Å². The largest absolute Gasteiger partial charge is 0.457 e. The molecule has 1 unspecified atom stereocenters. The Balaban J connectivity index is 2.24. The van der Waals surface area contributed by atoms with E-state index in [1.54, 1.807) is 6.26 Å². The number of aryl methyl sites for hydroxylation is 1. The minimum Gasteiger partial charge on any atom is -0.457 e. The highest BCUT2D eigenvalue weighted by Crippen LogP contribution is 2.39. The molecule has 0 aliphatic carbocycles. The molecule has 0 aliphatic heterocycles. The van der Waals surface area contributed by atoms with Crippen molar-refractivity contribution in [3.05, 3.63) is 70.1 Å². The highest BCUT2D eigenvalue weighted by atomic mass is 79.9. The second-order valence-corrected chi connectivity index (χ2v) is 5.69. The SMILES string of the molecule is Cc1ccc2ccccc2c1C(Cl)c1ccoc1Br. The quantitative estimate of drug-likeness (QED) is 0.537. The first-order chi connectivity index (χ1) is 9.18. The zero-order chi connectivity index (χ0) is 13.4. The number of halogens is 2. The van der Waals surface area contributed by atoms with Gasteiger partial charge >= 0.3 is 0 Å². The maximum Gasteiger partial charge on any atom is 0.173 e. The van der Waals surface area contributed by atoms with Crippen LogP contribution in [-0.2, 0) is 0 Å². The topological polar surface area (TPSA) is 13.1 Å². The van der Waals surface area contributed by atoms with E-state index in [2.05, 4.69) is 47.1 Å². The molecule has 1 atom stereocenters. The molecule has 0 fully saturated rings. The number of alkyl halides is 1. The summed E-state index contributed by atoms with van der Waals surface area (Å²) in [4.78, 5) is 0. The minimum atomic E-state index is -0.223. The minimum absolute atomic E-state index is 0.223. The molecule has 1 aromatic heterocycles. The van der Waals surface area contributed by atoms with Crippen LogP contribution < -0.4 is 0 Å². The predicted octanol–water partition coefficient (Wildman–Crippen LogP) is 5.83. The van der Waals surface area contributed by atoms with Crippen LogP contribution in [0.2, 0.25) is 0 Å². The molecule has 0 N–H and O–H groups in total. The fourth-order valence-electron chi connectivity index (χ4n) is 2.38. The Morgan fingerprint density at radius 2 is 1.89 bits per heavy atom. The van der Waals surface area contributed by atoms with E-state index in [4.69, 9.17) is 16.0 Å². The summed E-state index contributed by atoms with van der Waals surface area (Å²) >= 11 is 10.1. The molecule has 0 aliphatic rings. The van der Waals surface area contributed by atoms with Gasteiger partial charge in [-0.05, 0) is 50.8 Å². The van der Waals surface area contributed by atoms with Gasteiger partial charge in [-0.25, -0.2) is 0 Å². The molecule has 3 heteroatoms. The summed E-state index contributed by atoms with van der Waals surface area (Å²) in [5.41, 5.74) is 3.29. The van der Waals surface area contributed by atoms with Gasteiger partial charge < -0.3 is 4.42 Å². The fourth-order valence-corrected chi connectivity index (χ4v) is 3.44. The molecule has 2 aromatic carbocycles. The third kappa shape index (κ3) is 2.19. The van der Waals surface area contributed by atoms with E-state index in [0.717, 1.165) is 11.1 Å². The van der Waals surface area contributed by atoms with E-state index in [9.17, 15) is 0 Å². The number of benzene rings is 2. The Bertz CT molecular complexity index is 732. The first kappa shape index (κ1) is 12.8. The van der Waals surface area contributed by atoms with E-state index < -0.39 is 0 Å². The van der Waals surface area contributed by atoms with Gasteiger partial charge in [0.2, 0.25) is 0 Å². The Hall–Kier alpha value is -1.25. The normalized spacial score (nSPS) is 12.8. The predicted molar refractivity (Wildman–Crippen MR) is 82.8 cm³/mol. The molecule has 0 bridgehead atoms. The van der Waals surface area contributed by atoms with Crippen molar-refractivity contribution in [2.24, 2.45) is 0 Å². The number of rotatable bonds is 2. The molecular formula is C16H12BrClO. The molecule has 0 radical (unpaired) electrons. The fraction of sp³-hybridized carbons (Fsp3) is 0.125. The van der Waals surface area contributed by atoms with Gasteiger partial charge in [0.05, 0.1) is 11.6 Å². The van der Waals surface area contributed by atoms with Crippen LogP contribution in [0, 0.1) is 6.92 Å². The van der Waals surface area contributed by atoms with Crippen molar-refractivity contribution >= 4 is 38.3 Å². The van der Waals surface area contributed by atoms with Crippen molar-refractivity contribution in [1.82, 2.24) is 0 Å². The number of hydrogen-bond acceptors (Lipinski definition) is 1. The second-order valence-electron chi connectivity index (χ2n) is 4.53. The molecule has 1 nitrogen and oxygen atoms in total. The van der Waals surface area contributed by atoms with Crippen molar-refractivity contribution in [2.45, 2.75) is 12.3 Å². The molecule has 0 saturated carbocycles. The van der Waals surface area contributed by atoms with Gasteiger partial charge in [-0.3, -0.25) is 0 Å². The van der Waals surface area contributed by atoms with Gasteiger partial charge in [-0.1, -0.05) is 36.4 Å². The molecular weight excluding hydrogens is 324 g/mol. The van der Waals surface area contributed by atoms with Crippen molar-refractivity contribution in [3.8, 4) is 0 Å². The summed E-state index contributed by atoms with van der Waals surface area (Å²) in [5, 5.41) is 2.17. The van der Waals surface area contributed by atoms with Crippen molar-refractivity contribution < 1.29 is 4.42 Å². The summed E-state index contributed by atoms with van der Waals surface area (Å²) < 4.78 is 5.99. The molecule has 0 spiro atoms. The van der Waals surface area contributed by atoms with Crippen LogP contribution in [0.3, 0.4) is 0 Å². The average Bonchev–Trinajstić information content (AvgIpc) is 2.84.